The van der Waals surface area contributed by atoms with Gasteiger partial charge in [0.05, 0.1) is 10.6 Å². The monoisotopic (exact) mass is 373 g/mol. The Balaban J connectivity index is 1.60. The Bertz CT molecular complexity index is 860. The van der Waals surface area contributed by atoms with Crippen LogP contribution in [0.25, 0.3) is 10.7 Å². The van der Waals surface area contributed by atoms with E-state index in [0.717, 1.165) is 10.4 Å². The van der Waals surface area contributed by atoms with Gasteiger partial charge in [0.25, 0.3) is 0 Å². The standard InChI is InChI=1S/C17H19N5OS2/c1-12-6-3-4-7-13(12)10-21(2)15(23)11-25-17-20-19-16(22(17)18)14-8-5-9-24-14/h3-9H,10-11,18H2,1-2H3. The first-order chi connectivity index (χ1) is 12.1. The largest absolute Gasteiger partial charge is 0.341 e. The van der Waals surface area contributed by atoms with Crippen molar-refractivity contribution < 1.29 is 4.79 Å². The molecule has 130 valence electrons. The molecule has 3 aromatic rings. The maximum absolute atomic E-state index is 12.4. The van der Waals surface area contributed by atoms with E-state index < -0.39 is 0 Å². The molecule has 8 heteroatoms. The molecule has 0 aliphatic rings. The van der Waals surface area contributed by atoms with E-state index in [0.29, 0.717) is 17.5 Å². The van der Waals surface area contributed by atoms with Gasteiger partial charge in [0.15, 0.2) is 5.82 Å². The van der Waals surface area contributed by atoms with Crippen LogP contribution in [0.3, 0.4) is 0 Å². The average molecular weight is 374 g/mol. The van der Waals surface area contributed by atoms with Crippen molar-refractivity contribution in [2.75, 3.05) is 18.6 Å². The molecule has 2 N–H and O–H groups in total. The summed E-state index contributed by atoms with van der Waals surface area (Å²) in [6.07, 6.45) is 0. The molecule has 0 radical (unpaired) electrons. The quantitative estimate of drug-likeness (QED) is 0.531. The number of nitrogens with two attached hydrogens (primary N) is 1. The van der Waals surface area contributed by atoms with Gasteiger partial charge in [0.1, 0.15) is 0 Å². The average Bonchev–Trinajstić information content (AvgIpc) is 3.24. The normalized spacial score (nSPS) is 10.8. The predicted octanol–water partition coefficient (Wildman–Crippen LogP) is 2.78. The minimum absolute atomic E-state index is 0.0222. The third kappa shape index (κ3) is 4.02. The van der Waals surface area contributed by atoms with Crippen molar-refractivity contribution in [3.63, 3.8) is 0 Å². The number of hydrogen-bond acceptors (Lipinski definition) is 6. The second-order valence-electron chi connectivity index (χ2n) is 5.62. The molecule has 1 amide bonds. The summed E-state index contributed by atoms with van der Waals surface area (Å²) in [5.41, 5.74) is 2.32. The molecule has 0 spiro atoms. The van der Waals surface area contributed by atoms with Gasteiger partial charge in [-0.25, -0.2) is 4.68 Å². The van der Waals surface area contributed by atoms with Crippen molar-refractivity contribution in [1.82, 2.24) is 19.8 Å². The van der Waals surface area contributed by atoms with E-state index in [9.17, 15) is 4.79 Å². The van der Waals surface area contributed by atoms with Gasteiger partial charge in [-0.2, -0.15) is 0 Å². The molecule has 25 heavy (non-hydrogen) atoms. The first-order valence-corrected chi connectivity index (χ1v) is 9.58. The Hall–Kier alpha value is -2.32. The first-order valence-electron chi connectivity index (χ1n) is 7.72. The molecule has 2 aromatic heterocycles. The van der Waals surface area contributed by atoms with Gasteiger partial charge in [-0.05, 0) is 29.5 Å². The number of hydrogen-bond donors (Lipinski definition) is 1. The summed E-state index contributed by atoms with van der Waals surface area (Å²) >= 11 is 2.84. The maximum atomic E-state index is 12.4. The highest BCUT2D eigenvalue weighted by Crippen LogP contribution is 2.25. The smallest absolute Gasteiger partial charge is 0.233 e. The molecule has 0 aliphatic carbocycles. The van der Waals surface area contributed by atoms with Crippen LogP contribution in [0.5, 0.6) is 0 Å². The topological polar surface area (TPSA) is 77.0 Å². The van der Waals surface area contributed by atoms with E-state index in [1.807, 2.05) is 48.7 Å². The lowest BCUT2D eigenvalue weighted by molar-refractivity contribution is -0.127. The number of carbonyl (C=O) groups is 1. The van der Waals surface area contributed by atoms with Crippen LogP contribution in [0.1, 0.15) is 11.1 Å². The number of carbonyl (C=O) groups excluding carboxylic acids is 1. The minimum Gasteiger partial charge on any atom is -0.341 e. The Morgan fingerprint density at radius 3 is 2.80 bits per heavy atom. The van der Waals surface area contributed by atoms with E-state index >= 15 is 0 Å². The van der Waals surface area contributed by atoms with E-state index in [1.165, 1.54) is 22.0 Å². The van der Waals surface area contributed by atoms with Crippen LogP contribution >= 0.6 is 23.1 Å². The SMILES string of the molecule is Cc1ccccc1CN(C)C(=O)CSc1nnc(-c2cccs2)n1N. The van der Waals surface area contributed by atoms with Crippen LogP contribution in [-0.2, 0) is 11.3 Å². The molecule has 0 fully saturated rings. The van der Waals surface area contributed by atoms with Crippen molar-refractivity contribution in [3.8, 4) is 10.7 Å². The molecule has 0 bridgehead atoms. The van der Waals surface area contributed by atoms with E-state index in [1.54, 1.807) is 23.3 Å². The third-order valence-electron chi connectivity index (χ3n) is 3.83. The molecular formula is C17H19N5OS2. The van der Waals surface area contributed by atoms with Crippen molar-refractivity contribution in [2.24, 2.45) is 0 Å². The molecule has 0 atom stereocenters. The number of thiophene rings is 1. The molecule has 0 unspecified atom stereocenters. The molecule has 1 aromatic carbocycles. The maximum Gasteiger partial charge on any atom is 0.233 e. The fraction of sp³-hybridized carbons (Fsp3) is 0.235. The van der Waals surface area contributed by atoms with Crippen molar-refractivity contribution in [3.05, 3.63) is 52.9 Å². The summed E-state index contributed by atoms with van der Waals surface area (Å²) in [4.78, 5) is 15.1. The summed E-state index contributed by atoms with van der Waals surface area (Å²) in [7, 11) is 1.81. The number of rotatable bonds is 6. The summed E-state index contributed by atoms with van der Waals surface area (Å²) in [6.45, 7) is 2.63. The van der Waals surface area contributed by atoms with Crippen molar-refractivity contribution >= 4 is 29.0 Å². The fourth-order valence-electron chi connectivity index (χ4n) is 2.32. The molecular weight excluding hydrogens is 354 g/mol. The van der Waals surface area contributed by atoms with Crippen molar-refractivity contribution in [1.29, 1.82) is 0 Å². The second-order valence-corrected chi connectivity index (χ2v) is 7.51. The predicted molar refractivity (Wildman–Crippen MR) is 102 cm³/mol. The van der Waals surface area contributed by atoms with Crippen LogP contribution in [0.2, 0.25) is 0 Å². The molecule has 6 nitrogen and oxygen atoms in total. The number of aryl methyl sites for hydroxylation is 1. The van der Waals surface area contributed by atoms with Gasteiger partial charge < -0.3 is 10.7 Å². The third-order valence-corrected chi connectivity index (χ3v) is 5.62. The Morgan fingerprint density at radius 1 is 1.28 bits per heavy atom. The number of benzene rings is 1. The summed E-state index contributed by atoms with van der Waals surface area (Å²) in [5.74, 6) is 6.95. The van der Waals surface area contributed by atoms with Crippen LogP contribution < -0.4 is 5.84 Å². The Morgan fingerprint density at radius 2 is 2.08 bits per heavy atom. The van der Waals surface area contributed by atoms with E-state index in [4.69, 9.17) is 5.84 Å². The zero-order chi connectivity index (χ0) is 17.8. The lowest BCUT2D eigenvalue weighted by atomic mass is 10.1. The zero-order valence-electron chi connectivity index (χ0n) is 14.0. The van der Waals surface area contributed by atoms with E-state index in [2.05, 4.69) is 10.2 Å². The number of amides is 1. The van der Waals surface area contributed by atoms with Crippen LogP contribution in [0.15, 0.2) is 46.9 Å². The Labute approximate surface area is 154 Å². The zero-order valence-corrected chi connectivity index (χ0v) is 15.7. The lowest BCUT2D eigenvalue weighted by Crippen LogP contribution is -2.28. The molecule has 0 aliphatic heterocycles. The van der Waals surface area contributed by atoms with E-state index in [-0.39, 0.29) is 11.7 Å². The second kappa shape index (κ2) is 7.71. The van der Waals surface area contributed by atoms with Crippen LogP contribution in [-0.4, -0.2) is 38.5 Å². The van der Waals surface area contributed by atoms with Crippen LogP contribution in [0.4, 0.5) is 0 Å². The van der Waals surface area contributed by atoms with Crippen molar-refractivity contribution in [2.45, 2.75) is 18.6 Å². The van der Waals surface area contributed by atoms with Gasteiger partial charge in [0.2, 0.25) is 11.1 Å². The summed E-state index contributed by atoms with van der Waals surface area (Å²) in [5, 5.41) is 10.7. The lowest BCUT2D eigenvalue weighted by Gasteiger charge is -2.18. The summed E-state index contributed by atoms with van der Waals surface area (Å²) in [6, 6.07) is 11.9. The molecule has 3 rings (SSSR count). The molecule has 0 saturated carbocycles. The molecule has 2 heterocycles. The Kier molecular flexibility index (Phi) is 5.40. The fourth-order valence-corrected chi connectivity index (χ4v) is 3.82. The van der Waals surface area contributed by atoms with Gasteiger partial charge in [-0.3, -0.25) is 4.79 Å². The van der Waals surface area contributed by atoms with Gasteiger partial charge >= 0.3 is 0 Å². The molecule has 0 saturated heterocycles. The number of nitrogen functional groups attached to an aromatic ring is 1. The number of thioether (sulfide) groups is 1. The van der Waals surface area contributed by atoms with Gasteiger partial charge in [-0.15, -0.1) is 21.5 Å². The number of nitrogens with zero attached hydrogens (tertiary/aromatic N) is 4. The van der Waals surface area contributed by atoms with Gasteiger partial charge in [0, 0.05) is 13.6 Å². The summed E-state index contributed by atoms with van der Waals surface area (Å²) < 4.78 is 1.44. The highest BCUT2D eigenvalue weighted by Gasteiger charge is 2.16. The highest BCUT2D eigenvalue weighted by molar-refractivity contribution is 7.99. The van der Waals surface area contributed by atoms with Gasteiger partial charge in [-0.1, -0.05) is 42.1 Å². The first kappa shape index (κ1) is 17.5. The minimum atomic E-state index is 0.0222. The number of aromatic nitrogens is 3. The van der Waals surface area contributed by atoms with Crippen LogP contribution in [0, 0.1) is 6.92 Å². The highest BCUT2D eigenvalue weighted by atomic mass is 32.2.